The van der Waals surface area contributed by atoms with Gasteiger partial charge in [-0.2, -0.15) is 0 Å². The number of rotatable bonds is 57. The van der Waals surface area contributed by atoms with Crippen LogP contribution in [0.4, 0.5) is 0 Å². The lowest BCUT2D eigenvalue weighted by molar-refractivity contribution is -0.167. The van der Waals surface area contributed by atoms with E-state index in [1.165, 1.54) is 212 Å². The summed E-state index contributed by atoms with van der Waals surface area (Å²) in [6, 6.07) is 0. The van der Waals surface area contributed by atoms with Crippen molar-refractivity contribution in [2.45, 2.75) is 335 Å². The van der Waals surface area contributed by atoms with Crippen LogP contribution >= 0.6 is 0 Å². The first-order valence-corrected chi connectivity index (χ1v) is 31.1. The van der Waals surface area contributed by atoms with E-state index in [4.69, 9.17) is 14.2 Å². The van der Waals surface area contributed by atoms with Crippen LogP contribution < -0.4 is 0 Å². The number of hydrogen-bond donors (Lipinski definition) is 0. The lowest BCUT2D eigenvalue weighted by atomic mass is 10.0. The van der Waals surface area contributed by atoms with Gasteiger partial charge in [0.1, 0.15) is 13.2 Å². The average Bonchev–Trinajstić information content (AvgIpc) is 3.37. The Kier molecular flexibility index (Phi) is 57.7. The molecule has 0 amide bonds. The number of unbranched alkanes of at least 4 members (excludes halogenated alkanes) is 38. The molecule has 0 N–H and O–H groups in total. The maximum atomic E-state index is 12.9. The third kappa shape index (κ3) is 58.1. The van der Waals surface area contributed by atoms with Gasteiger partial charge in [0.15, 0.2) is 6.10 Å². The molecule has 0 aliphatic rings. The number of ether oxygens (including phenoxy) is 3. The van der Waals surface area contributed by atoms with Crippen LogP contribution in [0.25, 0.3) is 0 Å². The third-order valence-electron chi connectivity index (χ3n) is 13.8. The van der Waals surface area contributed by atoms with E-state index >= 15 is 0 Å². The van der Waals surface area contributed by atoms with Crippen LogP contribution in [0.3, 0.4) is 0 Å². The molecule has 0 bridgehead atoms. The molecule has 0 spiro atoms. The smallest absolute Gasteiger partial charge is 0.306 e. The molecule has 0 radical (unpaired) electrons. The van der Waals surface area contributed by atoms with E-state index in [-0.39, 0.29) is 31.1 Å². The lowest BCUT2D eigenvalue weighted by Crippen LogP contribution is -2.30. The van der Waals surface area contributed by atoms with Crippen LogP contribution in [0, 0.1) is 0 Å². The predicted molar refractivity (Wildman–Crippen MR) is 307 cm³/mol. The maximum absolute atomic E-state index is 12.9. The highest BCUT2D eigenvalue weighted by atomic mass is 16.6. The van der Waals surface area contributed by atoms with Crippen molar-refractivity contribution < 1.29 is 28.6 Å². The maximum Gasteiger partial charge on any atom is 0.306 e. The minimum absolute atomic E-state index is 0.0886. The molecule has 0 fully saturated rings. The van der Waals surface area contributed by atoms with Gasteiger partial charge in [-0.25, -0.2) is 0 Å². The lowest BCUT2D eigenvalue weighted by Gasteiger charge is -2.18. The van der Waals surface area contributed by atoms with Gasteiger partial charge < -0.3 is 14.2 Å². The molecule has 6 heteroatoms. The summed E-state index contributed by atoms with van der Waals surface area (Å²) in [6.07, 6.45) is 74.1. The van der Waals surface area contributed by atoms with Gasteiger partial charge in [-0.1, -0.05) is 281 Å². The van der Waals surface area contributed by atoms with E-state index < -0.39 is 6.10 Å². The van der Waals surface area contributed by atoms with E-state index in [0.29, 0.717) is 25.7 Å². The summed E-state index contributed by atoms with van der Waals surface area (Å²) in [4.78, 5) is 38.2. The Labute approximate surface area is 441 Å². The van der Waals surface area contributed by atoms with Crippen molar-refractivity contribution in [2.75, 3.05) is 13.2 Å². The van der Waals surface area contributed by atoms with Crippen LogP contribution in [-0.2, 0) is 28.6 Å². The van der Waals surface area contributed by atoms with Crippen molar-refractivity contribution in [1.82, 2.24) is 0 Å². The summed E-state index contributed by atoms with van der Waals surface area (Å²) in [5.41, 5.74) is 0. The van der Waals surface area contributed by atoms with Gasteiger partial charge in [-0.05, 0) is 77.0 Å². The Morgan fingerprint density at radius 3 is 0.859 bits per heavy atom. The molecule has 0 saturated heterocycles. The van der Waals surface area contributed by atoms with Crippen LogP contribution in [0.5, 0.6) is 0 Å². The zero-order valence-electron chi connectivity index (χ0n) is 47.5. The summed E-state index contributed by atoms with van der Waals surface area (Å²) in [6.45, 7) is 6.63. The van der Waals surface area contributed by atoms with Gasteiger partial charge in [0, 0.05) is 19.3 Å². The molecule has 6 nitrogen and oxygen atoms in total. The van der Waals surface area contributed by atoms with Crippen molar-refractivity contribution in [3.63, 3.8) is 0 Å². The summed E-state index contributed by atoms with van der Waals surface area (Å²) < 4.78 is 16.9. The Morgan fingerprint density at radius 1 is 0.282 bits per heavy atom. The van der Waals surface area contributed by atoms with Crippen LogP contribution in [-0.4, -0.2) is 37.2 Å². The van der Waals surface area contributed by atoms with Gasteiger partial charge in [0.2, 0.25) is 0 Å². The molecule has 0 aliphatic carbocycles. The second kappa shape index (κ2) is 59.9. The van der Waals surface area contributed by atoms with Crippen molar-refractivity contribution in [3.05, 3.63) is 48.6 Å². The first kappa shape index (κ1) is 68.4. The van der Waals surface area contributed by atoms with Crippen LogP contribution in [0.15, 0.2) is 48.6 Å². The first-order valence-electron chi connectivity index (χ1n) is 31.1. The van der Waals surface area contributed by atoms with Crippen molar-refractivity contribution >= 4 is 17.9 Å². The van der Waals surface area contributed by atoms with E-state index in [2.05, 4.69) is 69.4 Å². The number of hydrogen-bond acceptors (Lipinski definition) is 6. The highest BCUT2D eigenvalue weighted by molar-refractivity contribution is 5.71. The van der Waals surface area contributed by atoms with Gasteiger partial charge in [-0.3, -0.25) is 14.4 Å². The first-order chi connectivity index (χ1) is 35.0. The monoisotopic (exact) mass is 995 g/mol. The highest BCUT2D eigenvalue weighted by Crippen LogP contribution is 2.17. The van der Waals surface area contributed by atoms with Crippen LogP contribution in [0.2, 0.25) is 0 Å². The molecule has 414 valence electrons. The molecule has 0 aromatic heterocycles. The summed E-state index contributed by atoms with van der Waals surface area (Å²) in [7, 11) is 0. The predicted octanol–water partition coefficient (Wildman–Crippen LogP) is 21.0. The second-order valence-corrected chi connectivity index (χ2v) is 21.0. The Morgan fingerprint density at radius 2 is 0.521 bits per heavy atom. The van der Waals surface area contributed by atoms with Crippen LogP contribution in [0.1, 0.15) is 329 Å². The Hall–Kier alpha value is -2.63. The quantitative estimate of drug-likeness (QED) is 0.0261. The zero-order chi connectivity index (χ0) is 51.4. The Bertz CT molecular complexity index is 1230. The molecule has 71 heavy (non-hydrogen) atoms. The zero-order valence-corrected chi connectivity index (χ0v) is 47.5. The standard InChI is InChI=1S/C65H118O6/c1-4-7-10-13-16-19-22-25-28-30-31-32-33-35-38-40-43-46-49-52-55-58-64(67)70-61-62(71-65(68)59-56-53-50-47-44-41-36-27-24-21-18-15-12-9-6-3)60-69-63(66)57-54-51-48-45-42-39-37-34-29-26-23-20-17-14-11-8-5-2/h26-27,29,36-37,39,45,48,62H,4-25,28,30-35,38,40-44,46-47,49-61H2,1-3H3/b29-26-,36-27-,39-37-,48-45-/t62-/m1/s1. The van der Waals surface area contributed by atoms with Gasteiger partial charge in [0.25, 0.3) is 0 Å². The molecular weight excluding hydrogens is 877 g/mol. The van der Waals surface area contributed by atoms with E-state index in [1.54, 1.807) is 0 Å². The van der Waals surface area contributed by atoms with E-state index in [1.807, 2.05) is 0 Å². The molecule has 0 aromatic carbocycles. The van der Waals surface area contributed by atoms with Gasteiger partial charge >= 0.3 is 17.9 Å². The number of carbonyl (C=O) groups excluding carboxylic acids is 3. The van der Waals surface area contributed by atoms with Crippen molar-refractivity contribution in [1.29, 1.82) is 0 Å². The minimum atomic E-state index is -0.796. The second-order valence-electron chi connectivity index (χ2n) is 21.0. The average molecular weight is 996 g/mol. The molecular formula is C65H118O6. The molecule has 0 rings (SSSR count). The molecule has 1 atom stereocenters. The fraction of sp³-hybridized carbons (Fsp3) is 0.831. The van der Waals surface area contributed by atoms with Gasteiger partial charge in [0.05, 0.1) is 0 Å². The summed E-state index contributed by atoms with van der Waals surface area (Å²) >= 11 is 0. The third-order valence-corrected chi connectivity index (χ3v) is 13.8. The fourth-order valence-corrected chi connectivity index (χ4v) is 9.10. The number of allylic oxidation sites excluding steroid dienone is 8. The molecule has 0 heterocycles. The molecule has 0 aromatic rings. The SMILES string of the molecule is CCCCCCCC/C=C\C/C=C\C/C=C\CCCC(=O)OC[C@H](COC(=O)CCCCCCCCCCCCCCCCCCCCCCC)OC(=O)CCCCCCC/C=C\CCCCCCCC. The van der Waals surface area contributed by atoms with E-state index in [0.717, 1.165) is 70.6 Å². The summed E-state index contributed by atoms with van der Waals surface area (Å²) in [5, 5.41) is 0. The molecule has 0 saturated carbocycles. The minimum Gasteiger partial charge on any atom is -0.462 e. The van der Waals surface area contributed by atoms with Crippen molar-refractivity contribution in [2.24, 2.45) is 0 Å². The van der Waals surface area contributed by atoms with Crippen molar-refractivity contribution in [3.8, 4) is 0 Å². The van der Waals surface area contributed by atoms with Gasteiger partial charge in [-0.15, -0.1) is 0 Å². The molecule has 0 aliphatic heterocycles. The topological polar surface area (TPSA) is 78.9 Å². The number of carbonyl (C=O) groups is 3. The largest absolute Gasteiger partial charge is 0.462 e. The fourth-order valence-electron chi connectivity index (χ4n) is 9.10. The van der Waals surface area contributed by atoms with E-state index in [9.17, 15) is 14.4 Å². The number of esters is 3. The molecule has 0 unspecified atom stereocenters. The normalized spacial score (nSPS) is 12.3. The Balaban J connectivity index is 4.37. The highest BCUT2D eigenvalue weighted by Gasteiger charge is 2.19. The summed E-state index contributed by atoms with van der Waals surface area (Å²) in [5.74, 6) is -0.934.